The molecule has 16 heavy (non-hydrogen) atoms. The van der Waals surface area contributed by atoms with Gasteiger partial charge in [-0.05, 0) is 33.1 Å². The molecule has 0 aliphatic heterocycles. The minimum Gasteiger partial charge on any atom is -0.296 e. The quantitative estimate of drug-likeness (QED) is 0.609. The van der Waals surface area contributed by atoms with Gasteiger partial charge in [0.1, 0.15) is 0 Å². The van der Waals surface area contributed by atoms with Crippen LogP contribution in [0.2, 0.25) is 0 Å². The van der Waals surface area contributed by atoms with Crippen LogP contribution in [0.4, 0.5) is 0 Å². The van der Waals surface area contributed by atoms with Crippen molar-refractivity contribution in [1.82, 2.24) is 4.90 Å². The standard InChI is InChI=1S/C15H27N/c1-4-6-12-16(13-14(3)5-2)15-10-8-7-9-11-15/h4-5,15H,1,6-13H2,2-3H3/b14-5+. The SMILES string of the molecule is C=CCCN(C/C(C)=C/C)C1CCCCC1. The van der Waals surface area contributed by atoms with Crippen LogP contribution in [-0.2, 0) is 0 Å². The highest BCUT2D eigenvalue weighted by Crippen LogP contribution is 2.23. The molecule has 1 fully saturated rings. The Balaban J connectivity index is 2.50. The van der Waals surface area contributed by atoms with Gasteiger partial charge in [0.25, 0.3) is 0 Å². The molecule has 0 bridgehead atoms. The summed E-state index contributed by atoms with van der Waals surface area (Å²) in [5.41, 5.74) is 1.50. The Hall–Kier alpha value is -0.560. The summed E-state index contributed by atoms with van der Waals surface area (Å²) in [5.74, 6) is 0. The van der Waals surface area contributed by atoms with E-state index in [0.29, 0.717) is 0 Å². The number of hydrogen-bond donors (Lipinski definition) is 0. The number of nitrogens with zero attached hydrogens (tertiary/aromatic N) is 1. The first-order valence-corrected chi connectivity index (χ1v) is 6.74. The predicted octanol–water partition coefficient (Wildman–Crippen LogP) is 4.16. The third kappa shape index (κ3) is 4.52. The smallest absolute Gasteiger partial charge is 0.0193 e. The van der Waals surface area contributed by atoms with Crippen LogP contribution >= 0.6 is 0 Å². The van der Waals surface area contributed by atoms with Crippen molar-refractivity contribution >= 4 is 0 Å². The summed E-state index contributed by atoms with van der Waals surface area (Å²) < 4.78 is 0. The number of rotatable bonds is 6. The lowest BCUT2D eigenvalue weighted by Gasteiger charge is -2.34. The van der Waals surface area contributed by atoms with E-state index < -0.39 is 0 Å². The van der Waals surface area contributed by atoms with Crippen LogP contribution < -0.4 is 0 Å². The van der Waals surface area contributed by atoms with Gasteiger partial charge in [-0.1, -0.05) is 37.0 Å². The van der Waals surface area contributed by atoms with Gasteiger partial charge in [0.05, 0.1) is 0 Å². The molecule has 0 amide bonds. The van der Waals surface area contributed by atoms with Crippen molar-refractivity contribution in [3.05, 3.63) is 24.3 Å². The van der Waals surface area contributed by atoms with Crippen molar-refractivity contribution in [1.29, 1.82) is 0 Å². The molecule has 0 aromatic carbocycles. The van der Waals surface area contributed by atoms with E-state index in [1.807, 2.05) is 6.08 Å². The Morgan fingerprint density at radius 3 is 2.56 bits per heavy atom. The molecular weight excluding hydrogens is 194 g/mol. The fourth-order valence-electron chi connectivity index (χ4n) is 2.51. The van der Waals surface area contributed by atoms with Crippen LogP contribution in [0.3, 0.4) is 0 Å². The van der Waals surface area contributed by atoms with E-state index in [1.54, 1.807) is 0 Å². The van der Waals surface area contributed by atoms with Gasteiger partial charge in [0.15, 0.2) is 0 Å². The Bertz CT molecular complexity index is 224. The second-order valence-electron chi connectivity index (χ2n) is 4.97. The highest BCUT2D eigenvalue weighted by atomic mass is 15.1. The van der Waals surface area contributed by atoms with E-state index in [9.17, 15) is 0 Å². The zero-order valence-corrected chi connectivity index (χ0v) is 11.0. The monoisotopic (exact) mass is 221 g/mol. The molecule has 0 unspecified atom stereocenters. The predicted molar refractivity (Wildman–Crippen MR) is 72.7 cm³/mol. The lowest BCUT2D eigenvalue weighted by Crippen LogP contribution is -2.38. The van der Waals surface area contributed by atoms with Crippen LogP contribution in [0.25, 0.3) is 0 Å². The highest BCUT2D eigenvalue weighted by molar-refractivity contribution is 4.99. The molecule has 0 spiro atoms. The molecule has 1 nitrogen and oxygen atoms in total. The summed E-state index contributed by atoms with van der Waals surface area (Å²) in [4.78, 5) is 2.66. The van der Waals surface area contributed by atoms with Gasteiger partial charge in [-0.2, -0.15) is 0 Å². The first-order chi connectivity index (χ1) is 7.77. The van der Waals surface area contributed by atoms with E-state index in [0.717, 1.165) is 19.0 Å². The molecule has 0 N–H and O–H groups in total. The van der Waals surface area contributed by atoms with E-state index in [4.69, 9.17) is 0 Å². The summed E-state index contributed by atoms with van der Waals surface area (Å²) >= 11 is 0. The van der Waals surface area contributed by atoms with Crippen LogP contribution in [0.5, 0.6) is 0 Å². The van der Waals surface area contributed by atoms with Crippen molar-refractivity contribution in [2.45, 2.75) is 58.4 Å². The van der Waals surface area contributed by atoms with Gasteiger partial charge in [-0.3, -0.25) is 4.90 Å². The van der Waals surface area contributed by atoms with E-state index >= 15 is 0 Å². The molecule has 0 saturated heterocycles. The molecule has 1 rings (SSSR count). The van der Waals surface area contributed by atoms with Gasteiger partial charge in [-0.15, -0.1) is 6.58 Å². The van der Waals surface area contributed by atoms with Crippen molar-refractivity contribution in [2.24, 2.45) is 0 Å². The normalized spacial score (nSPS) is 19.1. The summed E-state index contributed by atoms with van der Waals surface area (Å²) in [6.07, 6.45) is 12.5. The molecule has 0 radical (unpaired) electrons. The Morgan fingerprint density at radius 1 is 1.31 bits per heavy atom. The highest BCUT2D eigenvalue weighted by Gasteiger charge is 2.20. The average molecular weight is 221 g/mol. The van der Waals surface area contributed by atoms with Gasteiger partial charge in [-0.25, -0.2) is 0 Å². The molecule has 1 aliphatic rings. The largest absolute Gasteiger partial charge is 0.296 e. The molecule has 0 aromatic rings. The zero-order chi connectivity index (χ0) is 11.8. The molecule has 0 atom stereocenters. The molecule has 0 heterocycles. The van der Waals surface area contributed by atoms with Gasteiger partial charge in [0.2, 0.25) is 0 Å². The molecular formula is C15H27N. The number of hydrogen-bond acceptors (Lipinski definition) is 1. The maximum atomic E-state index is 3.84. The molecule has 92 valence electrons. The third-order valence-corrected chi connectivity index (χ3v) is 3.66. The molecule has 0 aromatic heterocycles. The van der Waals surface area contributed by atoms with Gasteiger partial charge >= 0.3 is 0 Å². The second kappa shape index (κ2) is 7.67. The first-order valence-electron chi connectivity index (χ1n) is 6.74. The van der Waals surface area contributed by atoms with Crippen molar-refractivity contribution < 1.29 is 0 Å². The minimum atomic E-state index is 0.823. The third-order valence-electron chi connectivity index (χ3n) is 3.66. The fourth-order valence-corrected chi connectivity index (χ4v) is 2.51. The summed E-state index contributed by atoms with van der Waals surface area (Å²) in [7, 11) is 0. The zero-order valence-electron chi connectivity index (χ0n) is 11.0. The summed E-state index contributed by atoms with van der Waals surface area (Å²) in [6.45, 7) is 10.5. The molecule has 1 aliphatic carbocycles. The Kier molecular flexibility index (Phi) is 6.47. The average Bonchev–Trinajstić information content (AvgIpc) is 2.35. The van der Waals surface area contributed by atoms with Gasteiger partial charge < -0.3 is 0 Å². The maximum Gasteiger partial charge on any atom is 0.0193 e. The summed E-state index contributed by atoms with van der Waals surface area (Å²) in [5, 5.41) is 0. The van der Waals surface area contributed by atoms with E-state index in [1.165, 1.54) is 44.2 Å². The topological polar surface area (TPSA) is 3.24 Å². The lowest BCUT2D eigenvalue weighted by atomic mass is 9.93. The molecule has 1 saturated carbocycles. The van der Waals surface area contributed by atoms with Crippen LogP contribution in [0.15, 0.2) is 24.3 Å². The minimum absolute atomic E-state index is 0.823. The van der Waals surface area contributed by atoms with E-state index in [2.05, 4.69) is 31.4 Å². The summed E-state index contributed by atoms with van der Waals surface area (Å²) in [6, 6.07) is 0.823. The van der Waals surface area contributed by atoms with Crippen molar-refractivity contribution in [2.75, 3.05) is 13.1 Å². The maximum absolute atomic E-state index is 3.84. The first kappa shape index (κ1) is 13.5. The van der Waals surface area contributed by atoms with Crippen LogP contribution in [0.1, 0.15) is 52.4 Å². The van der Waals surface area contributed by atoms with Crippen molar-refractivity contribution in [3.63, 3.8) is 0 Å². The Labute approximate surface area is 101 Å². The fraction of sp³-hybridized carbons (Fsp3) is 0.733. The van der Waals surface area contributed by atoms with Gasteiger partial charge in [0, 0.05) is 19.1 Å². The molecule has 1 heteroatoms. The van der Waals surface area contributed by atoms with Crippen LogP contribution in [-0.4, -0.2) is 24.0 Å². The Morgan fingerprint density at radius 2 is 2.00 bits per heavy atom. The lowest BCUT2D eigenvalue weighted by molar-refractivity contribution is 0.171. The number of allylic oxidation sites excluding steroid dienone is 1. The second-order valence-corrected chi connectivity index (χ2v) is 4.97. The van der Waals surface area contributed by atoms with Crippen molar-refractivity contribution in [3.8, 4) is 0 Å². The van der Waals surface area contributed by atoms with E-state index in [-0.39, 0.29) is 0 Å². The van der Waals surface area contributed by atoms with Crippen LogP contribution in [0, 0.1) is 0 Å².